The quantitative estimate of drug-likeness (QED) is 0.432. The number of hydrogen-bond donors (Lipinski definition) is 1. The first-order valence-electron chi connectivity index (χ1n) is 9.04. The van der Waals surface area contributed by atoms with E-state index in [1.54, 1.807) is 0 Å². The summed E-state index contributed by atoms with van der Waals surface area (Å²) in [6.07, 6.45) is 2.46. The van der Waals surface area contributed by atoms with Crippen molar-refractivity contribution in [2.24, 2.45) is 4.99 Å². The molecule has 2 aliphatic rings. The highest BCUT2D eigenvalue weighted by Crippen LogP contribution is 2.40. The van der Waals surface area contributed by atoms with Crippen molar-refractivity contribution in [1.82, 2.24) is 15.1 Å². The maximum atomic E-state index is 4.54. The number of nitrogens with one attached hydrogen (secondary N) is 1. The number of aliphatic imine (C=N–C) groups is 1. The van der Waals surface area contributed by atoms with E-state index >= 15 is 0 Å². The lowest BCUT2D eigenvalue weighted by Crippen LogP contribution is -2.44. The summed E-state index contributed by atoms with van der Waals surface area (Å²) in [5.41, 5.74) is 1.45. The number of nitrogens with zero attached hydrogens (tertiary/aromatic N) is 3. The number of halogens is 1. The summed E-state index contributed by atoms with van der Waals surface area (Å²) < 4.78 is 0. The van der Waals surface area contributed by atoms with Gasteiger partial charge in [-0.2, -0.15) is 0 Å². The molecule has 0 bridgehead atoms. The third-order valence-electron chi connectivity index (χ3n) is 5.34. The summed E-state index contributed by atoms with van der Waals surface area (Å²) in [6.45, 7) is 9.01. The van der Waals surface area contributed by atoms with Crippen LogP contribution in [-0.2, 0) is 0 Å². The van der Waals surface area contributed by atoms with Crippen molar-refractivity contribution in [1.29, 1.82) is 0 Å². The van der Waals surface area contributed by atoms with Crippen molar-refractivity contribution in [3.8, 4) is 0 Å². The van der Waals surface area contributed by atoms with Gasteiger partial charge in [0.2, 0.25) is 0 Å². The van der Waals surface area contributed by atoms with Gasteiger partial charge in [0.15, 0.2) is 5.96 Å². The van der Waals surface area contributed by atoms with Crippen LogP contribution in [0.2, 0.25) is 0 Å². The fourth-order valence-corrected chi connectivity index (χ4v) is 3.86. The second-order valence-corrected chi connectivity index (χ2v) is 6.66. The van der Waals surface area contributed by atoms with Crippen molar-refractivity contribution in [2.75, 3.05) is 33.2 Å². The lowest BCUT2D eigenvalue weighted by atomic mass is 10.1. The van der Waals surface area contributed by atoms with Gasteiger partial charge in [0, 0.05) is 38.1 Å². The van der Waals surface area contributed by atoms with E-state index in [0.29, 0.717) is 18.0 Å². The predicted molar refractivity (Wildman–Crippen MR) is 112 cm³/mol. The molecule has 0 spiro atoms. The van der Waals surface area contributed by atoms with Crippen LogP contribution in [0.25, 0.3) is 0 Å². The van der Waals surface area contributed by atoms with Gasteiger partial charge in [0.1, 0.15) is 0 Å². The Kier molecular flexibility index (Phi) is 7.34. The Hall–Kier alpha value is -0.820. The van der Waals surface area contributed by atoms with Crippen LogP contribution in [-0.4, -0.2) is 61.1 Å². The first-order chi connectivity index (χ1) is 11.3. The minimum absolute atomic E-state index is 0. The van der Waals surface area contributed by atoms with Crippen molar-refractivity contribution in [3.05, 3.63) is 35.9 Å². The molecule has 3 rings (SSSR count). The van der Waals surface area contributed by atoms with Crippen LogP contribution in [0.15, 0.2) is 35.3 Å². The van der Waals surface area contributed by atoms with Crippen LogP contribution in [0.1, 0.15) is 38.2 Å². The molecule has 24 heavy (non-hydrogen) atoms. The highest BCUT2D eigenvalue weighted by atomic mass is 127. The number of hydrogen-bond acceptors (Lipinski definition) is 2. The van der Waals surface area contributed by atoms with E-state index in [2.05, 4.69) is 64.3 Å². The summed E-state index contributed by atoms with van der Waals surface area (Å²) in [7, 11) is 1.91. The molecule has 1 aromatic rings. The van der Waals surface area contributed by atoms with Gasteiger partial charge in [-0.15, -0.1) is 24.0 Å². The Balaban J connectivity index is 0.00000208. The van der Waals surface area contributed by atoms with Crippen LogP contribution in [0.4, 0.5) is 0 Å². The normalized spacial score (nSPS) is 26.4. The summed E-state index contributed by atoms with van der Waals surface area (Å²) in [5.74, 6) is 1.73. The third-order valence-corrected chi connectivity index (χ3v) is 5.34. The number of likely N-dealkylation sites (N-methyl/N-ethyl adjacent to an activating group) is 1. The van der Waals surface area contributed by atoms with Crippen molar-refractivity contribution in [2.45, 2.75) is 44.7 Å². The van der Waals surface area contributed by atoms with E-state index in [-0.39, 0.29) is 24.0 Å². The molecule has 3 atom stereocenters. The molecular weight excluding hydrogens is 411 g/mol. The van der Waals surface area contributed by atoms with E-state index in [9.17, 15) is 0 Å². The van der Waals surface area contributed by atoms with Gasteiger partial charge in [-0.05, 0) is 31.5 Å². The second kappa shape index (κ2) is 9.04. The summed E-state index contributed by atoms with van der Waals surface area (Å²) >= 11 is 0. The maximum Gasteiger partial charge on any atom is 0.193 e. The van der Waals surface area contributed by atoms with Crippen LogP contribution in [0.5, 0.6) is 0 Å². The molecule has 1 saturated carbocycles. The predicted octanol–water partition coefficient (Wildman–Crippen LogP) is 3.15. The van der Waals surface area contributed by atoms with Crippen molar-refractivity contribution in [3.63, 3.8) is 0 Å². The van der Waals surface area contributed by atoms with E-state index < -0.39 is 0 Å². The van der Waals surface area contributed by atoms with E-state index in [0.717, 1.165) is 32.1 Å². The monoisotopic (exact) mass is 442 g/mol. The number of benzene rings is 1. The average molecular weight is 442 g/mol. The molecule has 1 aliphatic heterocycles. The molecule has 3 unspecified atom stereocenters. The standard InChI is InChI=1S/C19H30N4.HI/c1-4-22(5-2)16-11-12-23(14-16)19(20-3)21-18-13-17(18)15-9-7-6-8-10-15;/h6-10,16-18H,4-5,11-14H2,1-3H3,(H,20,21);1H. The lowest BCUT2D eigenvalue weighted by Gasteiger charge is -2.27. The first-order valence-corrected chi connectivity index (χ1v) is 9.04. The number of likely N-dealkylation sites (tertiary alicyclic amines) is 1. The zero-order chi connectivity index (χ0) is 16.2. The van der Waals surface area contributed by atoms with Crippen LogP contribution >= 0.6 is 24.0 Å². The Labute approximate surface area is 163 Å². The van der Waals surface area contributed by atoms with Gasteiger partial charge >= 0.3 is 0 Å². The molecule has 1 aliphatic carbocycles. The third kappa shape index (κ3) is 4.42. The zero-order valence-electron chi connectivity index (χ0n) is 15.1. The second-order valence-electron chi connectivity index (χ2n) is 6.66. The van der Waals surface area contributed by atoms with Gasteiger partial charge < -0.3 is 10.2 Å². The molecule has 1 aromatic carbocycles. The number of guanidine groups is 1. The minimum atomic E-state index is 0. The fraction of sp³-hybridized carbons (Fsp3) is 0.632. The smallest absolute Gasteiger partial charge is 0.193 e. The van der Waals surface area contributed by atoms with E-state index in [1.807, 2.05) is 7.05 Å². The van der Waals surface area contributed by atoms with Gasteiger partial charge in [0.05, 0.1) is 0 Å². The lowest BCUT2D eigenvalue weighted by molar-refractivity contribution is 0.223. The van der Waals surface area contributed by atoms with Gasteiger partial charge in [-0.3, -0.25) is 9.89 Å². The average Bonchev–Trinajstić information content (AvgIpc) is 3.21. The van der Waals surface area contributed by atoms with Gasteiger partial charge in [-0.1, -0.05) is 44.2 Å². The van der Waals surface area contributed by atoms with Crippen molar-refractivity contribution >= 4 is 29.9 Å². The molecule has 1 heterocycles. The molecule has 134 valence electrons. The highest BCUT2D eigenvalue weighted by molar-refractivity contribution is 14.0. The van der Waals surface area contributed by atoms with Crippen molar-refractivity contribution < 1.29 is 0 Å². The Morgan fingerprint density at radius 1 is 1.25 bits per heavy atom. The molecule has 0 aromatic heterocycles. The molecule has 5 heteroatoms. The molecule has 4 nitrogen and oxygen atoms in total. The molecular formula is C19H31IN4. The number of rotatable bonds is 5. The molecule has 0 amide bonds. The Bertz CT molecular complexity index is 529. The van der Waals surface area contributed by atoms with E-state index in [4.69, 9.17) is 0 Å². The van der Waals surface area contributed by atoms with Crippen LogP contribution in [0.3, 0.4) is 0 Å². The zero-order valence-corrected chi connectivity index (χ0v) is 17.4. The molecule has 1 saturated heterocycles. The maximum absolute atomic E-state index is 4.54. The molecule has 0 radical (unpaired) electrons. The van der Waals surface area contributed by atoms with Gasteiger partial charge in [-0.25, -0.2) is 0 Å². The van der Waals surface area contributed by atoms with Crippen LogP contribution < -0.4 is 5.32 Å². The summed E-state index contributed by atoms with van der Waals surface area (Å²) in [4.78, 5) is 9.54. The fourth-order valence-electron chi connectivity index (χ4n) is 3.86. The molecule has 2 fully saturated rings. The topological polar surface area (TPSA) is 30.9 Å². The molecule has 1 N–H and O–H groups in total. The Morgan fingerprint density at radius 3 is 2.58 bits per heavy atom. The largest absolute Gasteiger partial charge is 0.353 e. The van der Waals surface area contributed by atoms with Gasteiger partial charge in [0.25, 0.3) is 0 Å². The minimum Gasteiger partial charge on any atom is -0.353 e. The summed E-state index contributed by atoms with van der Waals surface area (Å²) in [5, 5.41) is 3.68. The SMILES string of the molecule is CCN(CC)C1CCN(C(=NC)NC2CC2c2ccccc2)C1.I. The Morgan fingerprint density at radius 2 is 1.96 bits per heavy atom. The van der Waals surface area contributed by atoms with E-state index in [1.165, 1.54) is 18.4 Å². The highest BCUT2D eigenvalue weighted by Gasteiger charge is 2.40. The first kappa shape index (κ1) is 19.5. The van der Waals surface area contributed by atoms with Crippen LogP contribution in [0, 0.1) is 0 Å². The summed E-state index contributed by atoms with van der Waals surface area (Å²) in [6, 6.07) is 12.0.